The van der Waals surface area contributed by atoms with Crippen LogP contribution in [0.25, 0.3) is 0 Å². The number of imide groups is 1. The largest absolute Gasteiger partial charge is 0.432 e. The van der Waals surface area contributed by atoms with Crippen molar-refractivity contribution in [2.45, 2.75) is 51.2 Å². The summed E-state index contributed by atoms with van der Waals surface area (Å²) in [7, 11) is 0. The molecule has 0 spiro atoms. The molecule has 33 heavy (non-hydrogen) atoms. The Kier molecular flexibility index (Phi) is 7.48. The van der Waals surface area contributed by atoms with Crippen molar-refractivity contribution in [1.82, 2.24) is 20.6 Å². The number of hydrogen-bond donors (Lipinski definition) is 2. The number of ether oxygens (including phenoxy) is 1. The Morgan fingerprint density at radius 3 is 2.39 bits per heavy atom. The zero-order valence-electron chi connectivity index (χ0n) is 17.6. The average molecular weight is 501 g/mol. The van der Waals surface area contributed by atoms with Gasteiger partial charge in [0.25, 0.3) is 0 Å². The topological polar surface area (TPSA) is 110 Å². The zero-order valence-corrected chi connectivity index (χ0v) is 19.1. The minimum Gasteiger partial charge on any atom is -0.432 e. The summed E-state index contributed by atoms with van der Waals surface area (Å²) in [6.45, 7) is 0.231. The molecule has 1 fully saturated rings. The molecule has 2 aromatic rings. The fourth-order valence-corrected chi connectivity index (χ4v) is 4.14. The molecule has 1 aliphatic heterocycles. The molecular weight excluding hydrogens is 481 g/mol. The van der Waals surface area contributed by atoms with E-state index in [0.717, 1.165) is 12.4 Å². The van der Waals surface area contributed by atoms with E-state index in [0.29, 0.717) is 17.5 Å². The third kappa shape index (κ3) is 5.75. The first-order valence-corrected chi connectivity index (χ1v) is 10.6. The van der Waals surface area contributed by atoms with Gasteiger partial charge in [0, 0.05) is 28.6 Å². The van der Waals surface area contributed by atoms with Crippen LogP contribution in [0.4, 0.5) is 8.78 Å². The first-order chi connectivity index (χ1) is 15.5. The number of hydrogen-bond acceptors (Lipinski definition) is 6. The Morgan fingerprint density at radius 2 is 1.85 bits per heavy atom. The van der Waals surface area contributed by atoms with E-state index in [9.17, 15) is 23.2 Å². The summed E-state index contributed by atoms with van der Waals surface area (Å²) in [5, 5.41) is 5.51. The summed E-state index contributed by atoms with van der Waals surface area (Å²) < 4.78 is 28.8. The van der Waals surface area contributed by atoms with Crippen LogP contribution in [0, 0.1) is 0 Å². The molecule has 1 unspecified atom stereocenters. The molecule has 0 bridgehead atoms. The maximum atomic E-state index is 12.8. The molecule has 1 aromatic carbocycles. The van der Waals surface area contributed by atoms with Gasteiger partial charge in [-0.25, -0.2) is 9.97 Å². The number of rotatable bonds is 7. The predicted molar refractivity (Wildman–Crippen MR) is 115 cm³/mol. The van der Waals surface area contributed by atoms with Gasteiger partial charge >= 0.3 is 6.61 Å². The number of nitrogens with one attached hydrogen (secondary N) is 2. The molecular formula is C21H20Cl2F2N4O4. The highest BCUT2D eigenvalue weighted by Crippen LogP contribution is 2.37. The summed E-state index contributed by atoms with van der Waals surface area (Å²) in [6, 6.07) is 3.18. The molecule has 1 atom stereocenters. The van der Waals surface area contributed by atoms with Crippen LogP contribution in [0.15, 0.2) is 24.5 Å². The predicted octanol–water partition coefficient (Wildman–Crippen LogP) is 3.50. The van der Waals surface area contributed by atoms with Gasteiger partial charge in [0.05, 0.1) is 18.3 Å². The SMILES string of the molecule is CC(C)(C(=O)NCc1cc(Cl)c(C2CCC(=O)NC2=O)c(Cl)c1)c1ncc(OC(F)F)cn1. The van der Waals surface area contributed by atoms with E-state index >= 15 is 0 Å². The zero-order chi connectivity index (χ0) is 24.3. The lowest BCUT2D eigenvalue weighted by Crippen LogP contribution is -2.41. The number of halogens is 4. The van der Waals surface area contributed by atoms with Crippen LogP contribution in [0.5, 0.6) is 5.75 Å². The standard InChI is InChI=1S/C21H20Cl2F2N4O4/c1-21(2,18-26-8-11(9-27-18)33-20(24)25)19(32)28-7-10-5-13(22)16(14(23)6-10)12-3-4-15(30)29-17(12)31/h5-6,8-9,12,20H,3-4,7H2,1-2H3,(H,28,32)(H,29,30,31). The molecule has 0 aliphatic carbocycles. The molecule has 1 aromatic heterocycles. The maximum Gasteiger partial charge on any atom is 0.387 e. The lowest BCUT2D eigenvalue weighted by molar-refractivity contribution is -0.134. The normalized spacial score (nSPS) is 16.5. The minimum atomic E-state index is -3.00. The van der Waals surface area contributed by atoms with Crippen molar-refractivity contribution >= 4 is 40.9 Å². The van der Waals surface area contributed by atoms with E-state index in [4.69, 9.17) is 23.2 Å². The monoisotopic (exact) mass is 500 g/mol. The molecule has 2 N–H and O–H groups in total. The molecule has 1 aliphatic rings. The van der Waals surface area contributed by atoms with Gasteiger partial charge < -0.3 is 10.1 Å². The van der Waals surface area contributed by atoms with Gasteiger partial charge in [0.15, 0.2) is 5.75 Å². The van der Waals surface area contributed by atoms with Crippen molar-refractivity contribution in [1.29, 1.82) is 0 Å². The van der Waals surface area contributed by atoms with Gasteiger partial charge in [0.1, 0.15) is 11.2 Å². The van der Waals surface area contributed by atoms with Crippen LogP contribution in [-0.2, 0) is 26.3 Å². The van der Waals surface area contributed by atoms with E-state index < -0.39 is 29.8 Å². The van der Waals surface area contributed by atoms with Crippen molar-refractivity contribution in [2.24, 2.45) is 0 Å². The van der Waals surface area contributed by atoms with Crippen LogP contribution < -0.4 is 15.4 Å². The van der Waals surface area contributed by atoms with Crippen molar-refractivity contribution in [2.75, 3.05) is 0 Å². The van der Waals surface area contributed by atoms with Crippen LogP contribution in [0.1, 0.15) is 49.6 Å². The number of alkyl halides is 2. The summed E-state index contributed by atoms with van der Waals surface area (Å²) in [5.74, 6) is -1.96. The maximum absolute atomic E-state index is 12.8. The van der Waals surface area contributed by atoms with E-state index in [2.05, 4.69) is 25.3 Å². The second-order valence-corrected chi connectivity index (χ2v) is 8.72. The van der Waals surface area contributed by atoms with Crippen LogP contribution in [0.3, 0.4) is 0 Å². The Labute approximate surface area is 198 Å². The van der Waals surface area contributed by atoms with Crippen molar-refractivity contribution < 1.29 is 27.9 Å². The lowest BCUT2D eigenvalue weighted by Gasteiger charge is -2.24. The fourth-order valence-electron chi connectivity index (χ4n) is 3.35. The van der Waals surface area contributed by atoms with Crippen LogP contribution in [0.2, 0.25) is 10.0 Å². The Hall–Kier alpha value is -2.85. The van der Waals surface area contributed by atoms with Gasteiger partial charge in [0.2, 0.25) is 17.7 Å². The van der Waals surface area contributed by atoms with Crippen LogP contribution >= 0.6 is 23.2 Å². The summed E-state index contributed by atoms with van der Waals surface area (Å²) in [5.41, 5.74) is -0.158. The first kappa shape index (κ1) is 24.8. The smallest absolute Gasteiger partial charge is 0.387 e. The lowest BCUT2D eigenvalue weighted by atomic mass is 9.89. The molecule has 2 heterocycles. The number of carbonyl (C=O) groups is 3. The highest BCUT2D eigenvalue weighted by atomic mass is 35.5. The number of piperidine rings is 1. The van der Waals surface area contributed by atoms with Gasteiger partial charge in [-0.1, -0.05) is 23.2 Å². The van der Waals surface area contributed by atoms with Gasteiger partial charge in [-0.3, -0.25) is 19.7 Å². The molecule has 1 saturated heterocycles. The third-order valence-corrected chi connectivity index (χ3v) is 5.78. The molecule has 0 radical (unpaired) electrons. The quantitative estimate of drug-likeness (QED) is 0.563. The molecule has 176 valence electrons. The summed E-state index contributed by atoms with van der Waals surface area (Å²) in [4.78, 5) is 44.2. The third-order valence-electron chi connectivity index (χ3n) is 5.16. The van der Waals surface area contributed by atoms with Crippen molar-refractivity contribution in [3.63, 3.8) is 0 Å². The molecule has 0 saturated carbocycles. The molecule has 12 heteroatoms. The number of amides is 3. The van der Waals surface area contributed by atoms with Crippen LogP contribution in [-0.4, -0.2) is 34.3 Å². The number of benzene rings is 1. The van der Waals surface area contributed by atoms with Crippen molar-refractivity contribution in [3.05, 3.63) is 51.5 Å². The first-order valence-electron chi connectivity index (χ1n) is 9.86. The van der Waals surface area contributed by atoms with Gasteiger partial charge in [-0.2, -0.15) is 8.78 Å². The molecule has 3 amide bonds. The van der Waals surface area contributed by atoms with E-state index in [1.165, 1.54) is 0 Å². The summed E-state index contributed by atoms with van der Waals surface area (Å²) in [6.07, 6.45) is 2.62. The van der Waals surface area contributed by atoms with Gasteiger partial charge in [-0.15, -0.1) is 0 Å². The Morgan fingerprint density at radius 1 is 1.24 bits per heavy atom. The highest BCUT2D eigenvalue weighted by molar-refractivity contribution is 6.36. The Balaban J connectivity index is 1.69. The van der Waals surface area contributed by atoms with E-state index in [1.54, 1.807) is 26.0 Å². The second kappa shape index (κ2) is 9.96. The Bertz CT molecular complexity index is 1060. The number of nitrogens with zero attached hydrogens (tertiary/aromatic N) is 2. The molecule has 3 rings (SSSR count). The number of carbonyl (C=O) groups excluding carboxylic acids is 3. The second-order valence-electron chi connectivity index (χ2n) is 7.91. The fraction of sp³-hybridized carbons (Fsp3) is 0.381. The average Bonchev–Trinajstić information content (AvgIpc) is 2.73. The summed E-state index contributed by atoms with van der Waals surface area (Å²) >= 11 is 12.7. The minimum absolute atomic E-state index is 0.0733. The number of aromatic nitrogens is 2. The van der Waals surface area contributed by atoms with E-state index in [-0.39, 0.29) is 40.5 Å². The van der Waals surface area contributed by atoms with Crippen molar-refractivity contribution in [3.8, 4) is 5.75 Å². The highest BCUT2D eigenvalue weighted by Gasteiger charge is 2.34. The van der Waals surface area contributed by atoms with Gasteiger partial charge in [-0.05, 0) is 38.0 Å². The van der Waals surface area contributed by atoms with E-state index in [1.807, 2.05) is 0 Å². The molecule has 8 nitrogen and oxygen atoms in total.